The van der Waals surface area contributed by atoms with Crippen LogP contribution in [0.2, 0.25) is 0 Å². The van der Waals surface area contributed by atoms with Crippen molar-refractivity contribution in [2.45, 2.75) is 66.2 Å². The van der Waals surface area contributed by atoms with Crippen molar-refractivity contribution in [3.05, 3.63) is 107 Å². The second kappa shape index (κ2) is 21.7. The molecule has 0 saturated heterocycles. The van der Waals surface area contributed by atoms with Crippen LogP contribution in [0.5, 0.6) is 23.0 Å². The maximum absolute atomic E-state index is 11.0. The van der Waals surface area contributed by atoms with E-state index in [1.807, 2.05) is 36.4 Å². The Balaban J connectivity index is 0.000000404. The summed E-state index contributed by atoms with van der Waals surface area (Å²) in [5.74, 6) is -5.34. The van der Waals surface area contributed by atoms with Crippen molar-refractivity contribution in [2.24, 2.45) is 9.98 Å². The number of para-hydroxylation sites is 2. The van der Waals surface area contributed by atoms with E-state index in [4.69, 9.17) is 30.4 Å². The first-order valence-corrected chi connectivity index (χ1v) is 15.6. The van der Waals surface area contributed by atoms with Gasteiger partial charge in [-0.2, -0.15) is 0 Å². The van der Waals surface area contributed by atoms with E-state index in [1.54, 1.807) is 0 Å². The standard InChI is InChI=1S/C22H28N2.2C8H8O4.Ni/c1-3-5-17-21(23-19-13-9-7-10-14-19)22(18-6-4-2)24-20-15-11-8-12-16-20;2*1-4-2-3-5(9)7(10)6(4)8(11)12;/h7-16H,3-6,17-18H2,1-2H3;2*2-3,9-10H,1H3,(H,11,12);/q;;;+2/p-2. The van der Waals surface area contributed by atoms with Crippen LogP contribution in [0.3, 0.4) is 0 Å². The van der Waals surface area contributed by atoms with Gasteiger partial charge in [-0.3, -0.25) is 9.98 Å². The molecule has 0 heterocycles. The van der Waals surface area contributed by atoms with Crippen LogP contribution in [0.4, 0.5) is 11.4 Å². The third-order valence-corrected chi connectivity index (χ3v) is 7.03. The van der Waals surface area contributed by atoms with Crippen LogP contribution in [0.15, 0.2) is 94.9 Å². The van der Waals surface area contributed by atoms with Gasteiger partial charge in [0.1, 0.15) is 11.5 Å². The summed E-state index contributed by atoms with van der Waals surface area (Å²) in [5, 5.41) is 56.9. The molecule has 4 rings (SSSR count). The molecule has 0 saturated carbocycles. The van der Waals surface area contributed by atoms with E-state index in [2.05, 4.69) is 38.1 Å². The Bertz CT molecular complexity index is 1580. The fraction of sp³-hybridized carbons (Fsp3) is 0.263. The molecule has 0 spiro atoms. The first kappa shape index (κ1) is 41.9. The van der Waals surface area contributed by atoms with Gasteiger partial charge in [0.25, 0.3) is 0 Å². The number of phenols is 2. The molecule has 0 aliphatic carbocycles. The van der Waals surface area contributed by atoms with E-state index < -0.39 is 34.9 Å². The van der Waals surface area contributed by atoms with Crippen molar-refractivity contribution in [3.8, 4) is 23.0 Å². The third kappa shape index (κ3) is 13.5. The van der Waals surface area contributed by atoms with Gasteiger partial charge in [0.2, 0.25) is 0 Å². The Labute approximate surface area is 297 Å². The van der Waals surface area contributed by atoms with Gasteiger partial charge in [-0.25, -0.2) is 9.59 Å². The van der Waals surface area contributed by atoms with E-state index in [9.17, 15) is 19.8 Å². The molecular formula is C38H42N2NiO8. The van der Waals surface area contributed by atoms with E-state index in [0.29, 0.717) is 11.1 Å². The topological polar surface area (TPSA) is 186 Å². The van der Waals surface area contributed by atoms with E-state index in [1.165, 1.54) is 51.0 Å². The zero-order valence-corrected chi connectivity index (χ0v) is 28.9. The minimum Gasteiger partial charge on any atom is -0.869 e. The van der Waals surface area contributed by atoms with Crippen LogP contribution in [0.1, 0.15) is 84.2 Å². The summed E-state index contributed by atoms with van der Waals surface area (Å²) in [7, 11) is 0. The fourth-order valence-corrected chi connectivity index (χ4v) is 4.41. The number of aromatic hydroxyl groups is 2. The first-order valence-electron chi connectivity index (χ1n) is 15.6. The number of benzene rings is 4. The summed E-state index contributed by atoms with van der Waals surface area (Å²) >= 11 is 0. The quantitative estimate of drug-likeness (QED) is 0.0894. The SMILES string of the molecule is CCCCC(=Nc1ccccc1)C(CCCC)=Nc1ccccc1.Cc1ccc(O)c([O-])c1C(=O)O.Cc1ccc(O)c([O-])c1C(=O)O.[Ni+2]. The molecule has 0 amide bonds. The molecule has 4 aromatic carbocycles. The van der Waals surface area contributed by atoms with Gasteiger partial charge < -0.3 is 30.6 Å². The molecule has 0 aliphatic heterocycles. The summed E-state index contributed by atoms with van der Waals surface area (Å²) in [5.41, 5.74) is 4.28. The average Bonchev–Trinajstić information content (AvgIpc) is 3.06. The van der Waals surface area contributed by atoms with Crippen molar-refractivity contribution in [1.29, 1.82) is 0 Å². The Morgan fingerprint density at radius 2 is 0.918 bits per heavy atom. The van der Waals surface area contributed by atoms with Crippen molar-refractivity contribution in [3.63, 3.8) is 0 Å². The van der Waals surface area contributed by atoms with Gasteiger partial charge in [-0.15, -0.1) is 0 Å². The van der Waals surface area contributed by atoms with Gasteiger partial charge in [0, 0.05) is 0 Å². The minimum absolute atomic E-state index is 0. The monoisotopic (exact) mass is 712 g/mol. The van der Waals surface area contributed by atoms with Crippen molar-refractivity contribution in [1.82, 2.24) is 0 Å². The summed E-state index contributed by atoms with van der Waals surface area (Å²) in [6.07, 6.45) is 6.60. The predicted molar refractivity (Wildman–Crippen MR) is 185 cm³/mol. The molecule has 262 valence electrons. The molecule has 4 aromatic rings. The van der Waals surface area contributed by atoms with Gasteiger partial charge in [-0.05, 0) is 87.1 Å². The van der Waals surface area contributed by atoms with Crippen molar-refractivity contribution >= 4 is 34.7 Å². The fourth-order valence-electron chi connectivity index (χ4n) is 4.41. The number of hydrogen-bond donors (Lipinski definition) is 4. The molecule has 11 heteroatoms. The molecule has 0 atom stereocenters. The molecule has 10 nitrogen and oxygen atoms in total. The Morgan fingerprint density at radius 1 is 0.592 bits per heavy atom. The van der Waals surface area contributed by atoms with Gasteiger partial charge >= 0.3 is 28.4 Å². The summed E-state index contributed by atoms with van der Waals surface area (Å²) in [6, 6.07) is 25.6. The van der Waals surface area contributed by atoms with Crippen LogP contribution in [-0.4, -0.2) is 43.8 Å². The van der Waals surface area contributed by atoms with E-state index >= 15 is 0 Å². The largest absolute Gasteiger partial charge is 2.00 e. The maximum Gasteiger partial charge on any atom is 2.00 e. The number of carboxylic acid groups (broad SMARTS) is 2. The summed E-state index contributed by atoms with van der Waals surface area (Å²) in [6.45, 7) is 7.45. The number of aryl methyl sites for hydroxylation is 2. The third-order valence-electron chi connectivity index (χ3n) is 7.03. The molecule has 49 heavy (non-hydrogen) atoms. The Hall–Kier alpha value is -5.15. The smallest absolute Gasteiger partial charge is 0.869 e. The van der Waals surface area contributed by atoms with E-state index in [-0.39, 0.29) is 27.6 Å². The number of nitrogens with zero attached hydrogens (tertiary/aromatic N) is 2. The Kier molecular flexibility index (Phi) is 18.5. The molecule has 0 bridgehead atoms. The number of rotatable bonds is 11. The van der Waals surface area contributed by atoms with Crippen LogP contribution in [0.25, 0.3) is 0 Å². The number of unbranched alkanes of at least 4 members (excludes halogenated alkanes) is 2. The molecule has 0 radical (unpaired) electrons. The number of carboxylic acids is 2. The number of aromatic carboxylic acids is 2. The molecular weight excluding hydrogens is 671 g/mol. The molecule has 0 fully saturated rings. The number of carbonyl (C=O) groups is 2. The molecule has 0 unspecified atom stereocenters. The zero-order valence-electron chi connectivity index (χ0n) is 28.0. The Morgan fingerprint density at radius 3 is 1.18 bits per heavy atom. The van der Waals surface area contributed by atoms with Crippen LogP contribution >= 0.6 is 0 Å². The number of hydrogen-bond acceptors (Lipinski definition) is 8. The summed E-state index contributed by atoms with van der Waals surface area (Å²) < 4.78 is 0. The van der Waals surface area contributed by atoms with E-state index in [0.717, 1.165) is 48.5 Å². The van der Waals surface area contributed by atoms with Crippen LogP contribution in [-0.2, 0) is 16.5 Å². The minimum atomic E-state index is -1.31. The van der Waals surface area contributed by atoms with Crippen LogP contribution < -0.4 is 10.2 Å². The molecule has 4 N–H and O–H groups in total. The maximum atomic E-state index is 11.0. The first-order chi connectivity index (χ1) is 22.9. The zero-order chi connectivity index (χ0) is 35.6. The normalized spacial score (nSPS) is 10.9. The summed E-state index contributed by atoms with van der Waals surface area (Å²) in [4.78, 5) is 30.8. The van der Waals surface area contributed by atoms with Crippen molar-refractivity contribution < 1.29 is 56.7 Å². The number of phenolic OH excluding ortho intramolecular Hbond substituents is 2. The second-order valence-corrected chi connectivity index (χ2v) is 10.8. The molecule has 0 aliphatic rings. The van der Waals surface area contributed by atoms with Crippen molar-refractivity contribution in [2.75, 3.05) is 0 Å². The molecule has 0 aromatic heterocycles. The average molecular weight is 713 g/mol. The van der Waals surface area contributed by atoms with Gasteiger partial charge in [0.05, 0.1) is 33.9 Å². The van der Waals surface area contributed by atoms with Crippen LogP contribution in [0, 0.1) is 13.8 Å². The van der Waals surface area contributed by atoms with Gasteiger partial charge in [0.15, 0.2) is 0 Å². The predicted octanol–water partition coefficient (Wildman–Crippen LogP) is 7.85. The number of aliphatic imine (C=N–C) groups is 2. The second-order valence-electron chi connectivity index (χ2n) is 10.8. The van der Waals surface area contributed by atoms with Gasteiger partial charge in [-0.1, -0.05) is 86.7 Å².